The summed E-state index contributed by atoms with van der Waals surface area (Å²) in [4.78, 5) is 21.1. The lowest BCUT2D eigenvalue weighted by Crippen LogP contribution is -2.32. The zero-order chi connectivity index (χ0) is 23.0. The molecule has 0 N–H and O–H groups in total. The minimum atomic E-state index is -3.45. The molecule has 3 heterocycles. The van der Waals surface area contributed by atoms with Crippen LogP contribution in [0.15, 0.2) is 47.6 Å². The summed E-state index contributed by atoms with van der Waals surface area (Å²) < 4.78 is 31.1. The van der Waals surface area contributed by atoms with Crippen molar-refractivity contribution in [2.45, 2.75) is 24.8 Å². The fourth-order valence-corrected chi connectivity index (χ4v) is 4.44. The standard InChI is InChI=1S/C21H24N6O4S/c1-14(2)27-13-22-24-20(27)16-6-5-7-19(23-16)26-11-10-25(21(26)28)15-8-9-18(32(4,29)30)17(12-15)31-3/h5-9,12-14H,10-11H2,1-4H3. The number of pyridine rings is 1. The second-order valence-corrected chi connectivity index (χ2v) is 9.71. The Hall–Kier alpha value is -3.47. The van der Waals surface area contributed by atoms with Gasteiger partial charge in [0.05, 0.1) is 7.11 Å². The number of hydrogen-bond acceptors (Lipinski definition) is 7. The smallest absolute Gasteiger partial charge is 0.330 e. The maximum absolute atomic E-state index is 13.2. The van der Waals surface area contributed by atoms with E-state index in [2.05, 4.69) is 15.2 Å². The SMILES string of the molecule is COc1cc(N2CCN(c3cccc(-c4nncn4C(C)C)n3)C2=O)ccc1S(C)(=O)=O. The van der Waals surface area contributed by atoms with Crippen molar-refractivity contribution in [3.8, 4) is 17.3 Å². The summed E-state index contributed by atoms with van der Waals surface area (Å²) >= 11 is 0. The molecule has 1 saturated heterocycles. The number of rotatable bonds is 6. The number of hydrogen-bond donors (Lipinski definition) is 0. The van der Waals surface area contributed by atoms with Crippen LogP contribution >= 0.6 is 0 Å². The molecule has 11 heteroatoms. The highest BCUT2D eigenvalue weighted by atomic mass is 32.2. The van der Waals surface area contributed by atoms with Crippen LogP contribution in [0.4, 0.5) is 16.3 Å². The first kappa shape index (κ1) is 21.8. The van der Waals surface area contributed by atoms with Crippen molar-refractivity contribution >= 4 is 27.4 Å². The van der Waals surface area contributed by atoms with E-state index in [-0.39, 0.29) is 22.7 Å². The van der Waals surface area contributed by atoms with Crippen molar-refractivity contribution in [2.75, 3.05) is 36.3 Å². The maximum Gasteiger partial charge on any atom is 0.330 e. The predicted octanol–water partition coefficient (Wildman–Crippen LogP) is 2.78. The van der Waals surface area contributed by atoms with Gasteiger partial charge in [-0.15, -0.1) is 10.2 Å². The Bertz CT molecular complexity index is 1270. The van der Waals surface area contributed by atoms with Gasteiger partial charge >= 0.3 is 6.03 Å². The molecule has 0 unspecified atom stereocenters. The van der Waals surface area contributed by atoms with E-state index in [1.165, 1.54) is 13.2 Å². The van der Waals surface area contributed by atoms with E-state index in [1.54, 1.807) is 34.3 Å². The molecule has 2 aromatic heterocycles. The Labute approximate surface area is 186 Å². The van der Waals surface area contributed by atoms with Crippen molar-refractivity contribution in [1.29, 1.82) is 0 Å². The topological polar surface area (TPSA) is 111 Å². The van der Waals surface area contributed by atoms with Gasteiger partial charge in [0.1, 0.15) is 28.5 Å². The summed E-state index contributed by atoms with van der Waals surface area (Å²) in [6, 6.07) is 9.97. The first-order valence-corrected chi connectivity index (χ1v) is 11.9. The van der Waals surface area contributed by atoms with Crippen molar-refractivity contribution < 1.29 is 17.9 Å². The number of urea groups is 1. The number of carbonyl (C=O) groups is 1. The van der Waals surface area contributed by atoms with Gasteiger partial charge in [0.2, 0.25) is 0 Å². The summed E-state index contributed by atoms with van der Waals surface area (Å²) in [6.45, 7) is 4.92. The summed E-state index contributed by atoms with van der Waals surface area (Å²) in [7, 11) is -2.05. The van der Waals surface area contributed by atoms with E-state index in [1.807, 2.05) is 30.5 Å². The van der Waals surface area contributed by atoms with Gasteiger partial charge in [-0.05, 0) is 38.1 Å². The number of carbonyl (C=O) groups excluding carboxylic acids is 1. The van der Waals surface area contributed by atoms with Crippen molar-refractivity contribution in [3.63, 3.8) is 0 Å². The highest BCUT2D eigenvalue weighted by Gasteiger charge is 2.32. The molecule has 0 atom stereocenters. The average Bonchev–Trinajstić information content (AvgIpc) is 3.40. The molecule has 168 valence electrons. The summed E-state index contributed by atoms with van der Waals surface area (Å²) in [5.74, 6) is 1.34. The van der Waals surface area contributed by atoms with Crippen LogP contribution < -0.4 is 14.5 Å². The van der Waals surface area contributed by atoms with Crippen LogP contribution in [0, 0.1) is 0 Å². The summed E-state index contributed by atoms with van der Waals surface area (Å²) in [6.07, 6.45) is 2.77. The number of amides is 2. The van der Waals surface area contributed by atoms with E-state index in [9.17, 15) is 13.2 Å². The third-order valence-corrected chi connectivity index (χ3v) is 6.37. The zero-order valence-electron chi connectivity index (χ0n) is 18.3. The fraction of sp³-hybridized carbons (Fsp3) is 0.333. The molecule has 4 rings (SSSR count). The largest absolute Gasteiger partial charge is 0.495 e. The van der Waals surface area contributed by atoms with Gasteiger partial charge in [0.15, 0.2) is 15.7 Å². The number of sulfone groups is 1. The van der Waals surface area contributed by atoms with Gasteiger partial charge in [0.25, 0.3) is 0 Å². The molecular formula is C21H24N6O4S. The second kappa shape index (κ2) is 8.23. The third kappa shape index (κ3) is 3.91. The van der Waals surface area contributed by atoms with Gasteiger partial charge in [0, 0.05) is 37.1 Å². The normalized spacial score (nSPS) is 14.5. The summed E-state index contributed by atoms with van der Waals surface area (Å²) in [5, 5.41) is 8.16. The van der Waals surface area contributed by atoms with Crippen LogP contribution in [0.3, 0.4) is 0 Å². The monoisotopic (exact) mass is 456 g/mol. The second-order valence-electron chi connectivity index (χ2n) is 7.73. The molecule has 3 aromatic rings. The van der Waals surface area contributed by atoms with Crippen LogP contribution in [-0.4, -0.2) is 60.7 Å². The van der Waals surface area contributed by atoms with Crippen LogP contribution in [0.2, 0.25) is 0 Å². The number of methoxy groups -OCH3 is 1. The Morgan fingerprint density at radius 3 is 2.53 bits per heavy atom. The Balaban J connectivity index is 1.63. The van der Waals surface area contributed by atoms with Crippen LogP contribution in [0.1, 0.15) is 19.9 Å². The Morgan fingerprint density at radius 2 is 1.84 bits per heavy atom. The van der Waals surface area contributed by atoms with E-state index >= 15 is 0 Å². The van der Waals surface area contributed by atoms with Crippen molar-refractivity contribution in [2.24, 2.45) is 0 Å². The van der Waals surface area contributed by atoms with E-state index in [0.717, 1.165) is 6.26 Å². The lowest BCUT2D eigenvalue weighted by molar-refractivity contribution is 0.255. The molecule has 0 spiro atoms. The van der Waals surface area contributed by atoms with Crippen LogP contribution in [-0.2, 0) is 9.84 Å². The molecule has 32 heavy (non-hydrogen) atoms. The number of aromatic nitrogens is 4. The quantitative estimate of drug-likeness (QED) is 0.561. The van der Waals surface area contributed by atoms with Gasteiger partial charge in [-0.25, -0.2) is 18.2 Å². The molecule has 0 bridgehead atoms. The highest BCUT2D eigenvalue weighted by molar-refractivity contribution is 7.90. The van der Waals surface area contributed by atoms with Gasteiger partial charge in [-0.1, -0.05) is 6.07 Å². The predicted molar refractivity (Wildman–Crippen MR) is 120 cm³/mol. The minimum Gasteiger partial charge on any atom is -0.495 e. The first-order valence-electron chi connectivity index (χ1n) is 10.0. The first-order chi connectivity index (χ1) is 15.2. The molecule has 2 amide bonds. The van der Waals surface area contributed by atoms with Gasteiger partial charge in [-0.3, -0.25) is 9.80 Å². The molecular weight excluding hydrogens is 432 g/mol. The molecule has 0 saturated carbocycles. The Kier molecular flexibility index (Phi) is 5.59. The van der Waals surface area contributed by atoms with Crippen molar-refractivity contribution in [1.82, 2.24) is 19.7 Å². The molecule has 1 aliphatic rings. The molecule has 0 radical (unpaired) electrons. The highest BCUT2D eigenvalue weighted by Crippen LogP contribution is 2.32. The molecule has 1 fully saturated rings. The number of nitrogens with zero attached hydrogens (tertiary/aromatic N) is 6. The van der Waals surface area contributed by atoms with Crippen LogP contribution in [0.5, 0.6) is 5.75 Å². The average molecular weight is 457 g/mol. The number of benzene rings is 1. The molecule has 10 nitrogen and oxygen atoms in total. The van der Waals surface area contributed by atoms with E-state index < -0.39 is 9.84 Å². The molecule has 1 aromatic carbocycles. The van der Waals surface area contributed by atoms with Gasteiger partial charge < -0.3 is 9.30 Å². The van der Waals surface area contributed by atoms with E-state index in [4.69, 9.17) is 4.74 Å². The third-order valence-electron chi connectivity index (χ3n) is 5.24. The minimum absolute atomic E-state index is 0.0795. The number of anilines is 2. The maximum atomic E-state index is 13.2. The number of ether oxygens (including phenoxy) is 1. The Morgan fingerprint density at radius 1 is 1.09 bits per heavy atom. The zero-order valence-corrected chi connectivity index (χ0v) is 19.1. The molecule has 0 aliphatic carbocycles. The van der Waals surface area contributed by atoms with Crippen molar-refractivity contribution in [3.05, 3.63) is 42.7 Å². The lowest BCUT2D eigenvalue weighted by atomic mass is 10.3. The van der Waals surface area contributed by atoms with Crippen LogP contribution in [0.25, 0.3) is 11.5 Å². The van der Waals surface area contributed by atoms with Gasteiger partial charge in [-0.2, -0.15) is 0 Å². The summed E-state index contributed by atoms with van der Waals surface area (Å²) in [5.41, 5.74) is 1.18. The molecule has 1 aliphatic heterocycles. The fourth-order valence-electron chi connectivity index (χ4n) is 3.62. The van der Waals surface area contributed by atoms with E-state index in [0.29, 0.717) is 36.1 Å². The lowest BCUT2D eigenvalue weighted by Gasteiger charge is -2.20.